The third-order valence-electron chi connectivity index (χ3n) is 5.80. The summed E-state index contributed by atoms with van der Waals surface area (Å²) < 4.78 is 5.14. The van der Waals surface area contributed by atoms with Crippen LogP contribution in [0.25, 0.3) is 53.1 Å². The first-order valence-electron chi connectivity index (χ1n) is 9.77. The minimum atomic E-state index is 0.981. The van der Waals surface area contributed by atoms with Crippen LogP contribution >= 0.6 is 11.3 Å². The first-order chi connectivity index (χ1) is 13.8. The monoisotopic (exact) mass is 377 g/mol. The molecule has 0 radical (unpaired) electrons. The van der Waals surface area contributed by atoms with E-state index >= 15 is 0 Å². The van der Waals surface area contributed by atoms with Gasteiger partial charge in [-0.15, -0.1) is 11.3 Å². The van der Waals surface area contributed by atoms with E-state index in [0.717, 1.165) is 6.54 Å². The molecular weight excluding hydrogens is 358 g/mol. The highest BCUT2D eigenvalue weighted by molar-refractivity contribution is 7.26. The maximum Gasteiger partial charge on any atom is 0.0491 e. The molecule has 0 fully saturated rings. The summed E-state index contributed by atoms with van der Waals surface area (Å²) in [4.78, 5) is 0. The minimum Gasteiger partial charge on any atom is -0.341 e. The zero-order valence-electron chi connectivity index (χ0n) is 15.6. The van der Waals surface area contributed by atoms with Crippen molar-refractivity contribution in [1.82, 2.24) is 4.57 Å². The largest absolute Gasteiger partial charge is 0.341 e. The molecule has 134 valence electrons. The van der Waals surface area contributed by atoms with Gasteiger partial charge in [-0.2, -0.15) is 0 Å². The molecule has 0 saturated carbocycles. The fraction of sp³-hybridized carbons (Fsp3) is 0.0769. The Bertz CT molecular complexity index is 1500. The molecule has 0 atom stereocenters. The van der Waals surface area contributed by atoms with E-state index in [2.05, 4.69) is 96.4 Å². The number of hydrogen-bond acceptors (Lipinski definition) is 1. The lowest BCUT2D eigenvalue weighted by molar-refractivity contribution is 0.827. The van der Waals surface area contributed by atoms with Gasteiger partial charge in [0, 0.05) is 48.5 Å². The first kappa shape index (κ1) is 15.9. The van der Waals surface area contributed by atoms with Crippen molar-refractivity contribution >= 4 is 53.3 Å². The summed E-state index contributed by atoms with van der Waals surface area (Å²) in [5.74, 6) is 0. The van der Waals surface area contributed by atoms with Crippen molar-refractivity contribution in [2.24, 2.45) is 0 Å². The van der Waals surface area contributed by atoms with Crippen molar-refractivity contribution in [2.75, 3.05) is 0 Å². The number of nitrogens with zero attached hydrogens (tertiary/aromatic N) is 1. The van der Waals surface area contributed by atoms with Crippen molar-refractivity contribution in [3.05, 3.63) is 84.9 Å². The molecule has 0 saturated heterocycles. The Morgan fingerprint density at radius 1 is 0.679 bits per heavy atom. The van der Waals surface area contributed by atoms with Gasteiger partial charge in [-0.05, 0) is 42.3 Å². The molecule has 6 rings (SSSR count). The van der Waals surface area contributed by atoms with Crippen molar-refractivity contribution in [3.8, 4) is 11.1 Å². The molecule has 6 aromatic rings. The number of hydrogen-bond donors (Lipinski definition) is 0. The van der Waals surface area contributed by atoms with Crippen LogP contribution in [0.1, 0.15) is 6.92 Å². The van der Waals surface area contributed by atoms with Crippen LogP contribution in [0.4, 0.5) is 0 Å². The summed E-state index contributed by atoms with van der Waals surface area (Å²) in [6.45, 7) is 3.20. The lowest BCUT2D eigenvalue weighted by Gasteiger charge is -2.06. The van der Waals surface area contributed by atoms with Gasteiger partial charge in [0.05, 0.1) is 0 Å². The van der Waals surface area contributed by atoms with E-state index in [0.29, 0.717) is 0 Å². The second-order valence-corrected chi connectivity index (χ2v) is 8.33. The molecule has 2 heterocycles. The zero-order valence-corrected chi connectivity index (χ0v) is 16.5. The van der Waals surface area contributed by atoms with E-state index in [4.69, 9.17) is 0 Å². The predicted octanol–water partition coefficient (Wildman–Crippen LogP) is 7.85. The van der Waals surface area contributed by atoms with Gasteiger partial charge in [0.1, 0.15) is 0 Å². The number of fused-ring (bicyclic) bond motifs is 6. The van der Waals surface area contributed by atoms with Gasteiger partial charge < -0.3 is 4.57 Å². The third-order valence-corrected chi connectivity index (χ3v) is 7.02. The Morgan fingerprint density at radius 3 is 2.32 bits per heavy atom. The average Bonchev–Trinajstić information content (AvgIpc) is 3.28. The van der Waals surface area contributed by atoms with Gasteiger partial charge in [-0.25, -0.2) is 0 Å². The molecule has 4 aromatic carbocycles. The molecule has 0 aliphatic carbocycles. The lowest BCUT2D eigenvalue weighted by Crippen LogP contribution is -1.92. The SMILES string of the molecule is CCn1c2ccccc2c2cc(-c3cccc4c3sc3ccccc34)ccc21. The van der Waals surface area contributed by atoms with Crippen LogP contribution < -0.4 is 0 Å². The van der Waals surface area contributed by atoms with Crippen LogP contribution in [0.5, 0.6) is 0 Å². The lowest BCUT2D eigenvalue weighted by atomic mass is 10.0. The van der Waals surface area contributed by atoms with Crippen molar-refractivity contribution < 1.29 is 0 Å². The second-order valence-electron chi connectivity index (χ2n) is 7.27. The van der Waals surface area contributed by atoms with Gasteiger partial charge in [-0.3, -0.25) is 0 Å². The van der Waals surface area contributed by atoms with Crippen LogP contribution in [0.15, 0.2) is 84.9 Å². The molecule has 28 heavy (non-hydrogen) atoms. The molecule has 0 bridgehead atoms. The molecule has 1 nitrogen and oxygen atoms in total. The number of rotatable bonds is 2. The summed E-state index contributed by atoms with van der Waals surface area (Å²) in [5, 5.41) is 5.39. The number of para-hydroxylation sites is 1. The molecule has 0 spiro atoms. The highest BCUT2D eigenvalue weighted by Gasteiger charge is 2.13. The van der Waals surface area contributed by atoms with E-state index < -0.39 is 0 Å². The third kappa shape index (κ3) is 2.12. The van der Waals surface area contributed by atoms with Crippen LogP contribution in [0, 0.1) is 0 Å². The standard InChI is InChI=1S/C26H19NS/c1-2-27-23-12-5-3-8-19(23)22-16-17(14-15-24(22)27)18-10-7-11-21-20-9-4-6-13-25(20)28-26(18)21/h3-16H,2H2,1H3. The number of aryl methyl sites for hydroxylation is 1. The summed E-state index contributed by atoms with van der Waals surface area (Å²) in [5.41, 5.74) is 5.26. The Labute approximate surface area is 167 Å². The fourth-order valence-corrected chi connectivity index (χ4v) is 5.77. The molecule has 2 aromatic heterocycles. The summed E-state index contributed by atoms with van der Waals surface area (Å²) in [6.07, 6.45) is 0. The normalized spacial score (nSPS) is 11.9. The molecule has 2 heteroatoms. The van der Waals surface area contributed by atoms with Gasteiger partial charge in [0.2, 0.25) is 0 Å². The molecule has 0 unspecified atom stereocenters. The maximum absolute atomic E-state index is 2.41. The van der Waals surface area contributed by atoms with Gasteiger partial charge in [-0.1, -0.05) is 60.7 Å². The number of thiophene rings is 1. The summed E-state index contributed by atoms with van der Waals surface area (Å²) >= 11 is 1.90. The fourth-order valence-electron chi connectivity index (χ4n) is 4.54. The van der Waals surface area contributed by atoms with E-state index in [1.54, 1.807) is 0 Å². The topological polar surface area (TPSA) is 4.93 Å². The van der Waals surface area contributed by atoms with Crippen LogP contribution in [0.3, 0.4) is 0 Å². The first-order valence-corrected chi connectivity index (χ1v) is 10.6. The summed E-state index contributed by atoms with van der Waals surface area (Å²) in [6, 6.07) is 31.1. The Kier molecular flexibility index (Phi) is 3.38. The minimum absolute atomic E-state index is 0.981. The van der Waals surface area contributed by atoms with Crippen LogP contribution in [0.2, 0.25) is 0 Å². The van der Waals surface area contributed by atoms with Gasteiger partial charge in [0.25, 0.3) is 0 Å². The zero-order chi connectivity index (χ0) is 18.7. The van der Waals surface area contributed by atoms with E-state index in [1.165, 1.54) is 53.1 Å². The summed E-state index contributed by atoms with van der Waals surface area (Å²) in [7, 11) is 0. The van der Waals surface area contributed by atoms with Gasteiger partial charge >= 0.3 is 0 Å². The predicted molar refractivity (Wildman–Crippen MR) is 123 cm³/mol. The van der Waals surface area contributed by atoms with Gasteiger partial charge in [0.15, 0.2) is 0 Å². The van der Waals surface area contributed by atoms with Crippen LogP contribution in [-0.2, 0) is 6.54 Å². The number of benzene rings is 4. The smallest absolute Gasteiger partial charge is 0.0491 e. The molecule has 0 N–H and O–H groups in total. The van der Waals surface area contributed by atoms with E-state index in [1.807, 2.05) is 11.3 Å². The quantitative estimate of drug-likeness (QED) is 0.289. The maximum atomic E-state index is 2.41. The van der Waals surface area contributed by atoms with Crippen LogP contribution in [-0.4, -0.2) is 4.57 Å². The molecular formula is C26H19NS. The second kappa shape index (κ2) is 5.95. The Morgan fingerprint density at radius 2 is 1.43 bits per heavy atom. The van der Waals surface area contributed by atoms with Crippen molar-refractivity contribution in [1.29, 1.82) is 0 Å². The Balaban J connectivity index is 1.68. The molecule has 0 aliphatic heterocycles. The highest BCUT2D eigenvalue weighted by Crippen LogP contribution is 2.41. The molecule has 0 amide bonds. The number of aromatic nitrogens is 1. The van der Waals surface area contributed by atoms with E-state index in [-0.39, 0.29) is 0 Å². The van der Waals surface area contributed by atoms with Crippen molar-refractivity contribution in [2.45, 2.75) is 13.5 Å². The van der Waals surface area contributed by atoms with Crippen molar-refractivity contribution in [3.63, 3.8) is 0 Å². The highest BCUT2D eigenvalue weighted by atomic mass is 32.1. The van der Waals surface area contributed by atoms with E-state index in [9.17, 15) is 0 Å². The Hall–Kier alpha value is -3.10. The average molecular weight is 378 g/mol. The molecule has 0 aliphatic rings.